The van der Waals surface area contributed by atoms with Crippen LogP contribution in [0.2, 0.25) is 0 Å². The summed E-state index contributed by atoms with van der Waals surface area (Å²) in [4.78, 5) is 23.0. The first kappa shape index (κ1) is 12.9. The summed E-state index contributed by atoms with van der Waals surface area (Å²) < 4.78 is 9.65. The van der Waals surface area contributed by atoms with Gasteiger partial charge in [0.25, 0.3) is 0 Å². The van der Waals surface area contributed by atoms with Crippen molar-refractivity contribution in [2.24, 2.45) is 5.73 Å². The number of methoxy groups -OCH3 is 1. The topological polar surface area (TPSA) is 90.7 Å². The fourth-order valence-electron chi connectivity index (χ4n) is 1.54. The largest absolute Gasteiger partial charge is 0.467 e. The minimum absolute atomic E-state index is 0.325. The molecule has 0 aromatic carbocycles. The molecule has 1 aliphatic heterocycles. The van der Waals surface area contributed by atoms with Crippen LogP contribution in [0.3, 0.4) is 0 Å². The normalized spacial score (nSPS) is 20.9. The van der Waals surface area contributed by atoms with Crippen molar-refractivity contribution in [3.05, 3.63) is 0 Å². The molecule has 1 rings (SSSR count). The maximum Gasteiger partial charge on any atom is 0.328 e. The number of rotatable bonds is 3. The predicted octanol–water partition coefficient (Wildman–Crippen LogP) is -0.828. The number of nitrogens with two attached hydrogens (primary N) is 1. The second-order valence-corrected chi connectivity index (χ2v) is 3.99. The zero-order valence-corrected chi connectivity index (χ0v) is 9.62. The third-order valence-corrected chi connectivity index (χ3v) is 2.74. The van der Waals surface area contributed by atoms with Gasteiger partial charge in [-0.05, 0) is 19.8 Å². The lowest BCUT2D eigenvalue weighted by Crippen LogP contribution is -2.59. The summed E-state index contributed by atoms with van der Waals surface area (Å²) in [6, 6.07) is -0.680. The van der Waals surface area contributed by atoms with Crippen LogP contribution in [-0.4, -0.2) is 43.8 Å². The number of hydrogen-bond acceptors (Lipinski definition) is 5. The Balaban J connectivity index is 2.53. The van der Waals surface area contributed by atoms with Crippen LogP contribution in [0.1, 0.15) is 19.8 Å². The molecule has 0 aromatic rings. The number of carbonyl (C=O) groups is 2. The Morgan fingerprint density at radius 1 is 1.44 bits per heavy atom. The molecule has 0 aliphatic carbocycles. The first-order chi connectivity index (χ1) is 7.49. The SMILES string of the molecule is COC(=O)[C@H](C)NC(=O)C1(N)CCOCC1. The van der Waals surface area contributed by atoms with Gasteiger partial charge in [-0.25, -0.2) is 4.79 Å². The van der Waals surface area contributed by atoms with Gasteiger partial charge in [-0.2, -0.15) is 0 Å². The molecule has 3 N–H and O–H groups in total. The fraction of sp³-hybridized carbons (Fsp3) is 0.800. The molecule has 0 spiro atoms. The zero-order chi connectivity index (χ0) is 12.2. The van der Waals surface area contributed by atoms with Gasteiger partial charge >= 0.3 is 5.97 Å². The Bertz CT molecular complexity index is 274. The molecule has 1 fully saturated rings. The summed E-state index contributed by atoms with van der Waals surface area (Å²) in [6.45, 7) is 2.50. The average Bonchev–Trinajstić information content (AvgIpc) is 2.28. The van der Waals surface area contributed by atoms with Crippen LogP contribution in [0.15, 0.2) is 0 Å². The summed E-state index contributed by atoms with van der Waals surface area (Å²) in [5.74, 6) is -0.808. The maximum atomic E-state index is 11.9. The van der Waals surface area contributed by atoms with Gasteiger partial charge in [-0.3, -0.25) is 4.79 Å². The van der Waals surface area contributed by atoms with Gasteiger partial charge in [0, 0.05) is 13.2 Å². The van der Waals surface area contributed by atoms with Gasteiger partial charge in [0.15, 0.2) is 0 Å². The highest BCUT2D eigenvalue weighted by Gasteiger charge is 2.37. The van der Waals surface area contributed by atoms with Crippen LogP contribution in [-0.2, 0) is 19.1 Å². The quantitative estimate of drug-likeness (QED) is 0.618. The molecule has 6 heteroatoms. The monoisotopic (exact) mass is 230 g/mol. The molecule has 1 aliphatic rings. The highest BCUT2D eigenvalue weighted by Crippen LogP contribution is 2.17. The molecule has 6 nitrogen and oxygen atoms in total. The number of carbonyl (C=O) groups excluding carboxylic acids is 2. The van der Waals surface area contributed by atoms with E-state index in [0.29, 0.717) is 26.1 Å². The van der Waals surface area contributed by atoms with Crippen molar-refractivity contribution in [3.8, 4) is 0 Å². The van der Waals surface area contributed by atoms with E-state index in [-0.39, 0.29) is 5.91 Å². The second-order valence-electron chi connectivity index (χ2n) is 3.99. The first-order valence-electron chi connectivity index (χ1n) is 5.25. The van der Waals surface area contributed by atoms with E-state index in [1.807, 2.05) is 0 Å². The number of nitrogens with one attached hydrogen (secondary N) is 1. The van der Waals surface area contributed by atoms with Crippen LogP contribution in [0.25, 0.3) is 0 Å². The maximum absolute atomic E-state index is 11.9. The van der Waals surface area contributed by atoms with Crippen molar-refractivity contribution < 1.29 is 19.1 Å². The Morgan fingerprint density at radius 3 is 2.50 bits per heavy atom. The molecule has 0 saturated carbocycles. The third-order valence-electron chi connectivity index (χ3n) is 2.74. The van der Waals surface area contributed by atoms with E-state index < -0.39 is 17.6 Å². The Morgan fingerprint density at radius 2 is 2.00 bits per heavy atom. The number of amides is 1. The van der Waals surface area contributed by atoms with Crippen molar-refractivity contribution in [1.82, 2.24) is 5.32 Å². The van der Waals surface area contributed by atoms with E-state index in [2.05, 4.69) is 10.1 Å². The van der Waals surface area contributed by atoms with Gasteiger partial charge in [-0.15, -0.1) is 0 Å². The van der Waals surface area contributed by atoms with E-state index in [4.69, 9.17) is 10.5 Å². The molecule has 16 heavy (non-hydrogen) atoms. The first-order valence-corrected chi connectivity index (χ1v) is 5.25. The predicted molar refractivity (Wildman–Crippen MR) is 56.6 cm³/mol. The van der Waals surface area contributed by atoms with Crippen molar-refractivity contribution in [1.29, 1.82) is 0 Å². The second kappa shape index (κ2) is 5.27. The van der Waals surface area contributed by atoms with E-state index in [9.17, 15) is 9.59 Å². The fourth-order valence-corrected chi connectivity index (χ4v) is 1.54. The molecular formula is C10H18N2O4. The van der Waals surface area contributed by atoms with Crippen molar-refractivity contribution in [3.63, 3.8) is 0 Å². The molecule has 1 atom stereocenters. The van der Waals surface area contributed by atoms with Gasteiger partial charge in [-0.1, -0.05) is 0 Å². The van der Waals surface area contributed by atoms with Gasteiger partial charge in [0.05, 0.1) is 12.6 Å². The van der Waals surface area contributed by atoms with Crippen molar-refractivity contribution >= 4 is 11.9 Å². The van der Waals surface area contributed by atoms with Gasteiger partial charge < -0.3 is 20.5 Å². The van der Waals surface area contributed by atoms with Crippen LogP contribution in [0.5, 0.6) is 0 Å². The lowest BCUT2D eigenvalue weighted by molar-refractivity contribution is -0.145. The molecule has 0 unspecified atom stereocenters. The summed E-state index contributed by atoms with van der Waals surface area (Å²) in [7, 11) is 1.28. The molecule has 1 saturated heterocycles. The lowest BCUT2D eigenvalue weighted by atomic mass is 9.90. The molecule has 1 heterocycles. The summed E-state index contributed by atoms with van der Waals surface area (Å²) in [5, 5.41) is 2.55. The average molecular weight is 230 g/mol. The van der Waals surface area contributed by atoms with Crippen LogP contribution < -0.4 is 11.1 Å². The molecule has 92 valence electrons. The molecule has 0 radical (unpaired) electrons. The highest BCUT2D eigenvalue weighted by atomic mass is 16.5. The summed E-state index contributed by atoms with van der Waals surface area (Å²) in [5.41, 5.74) is 5.02. The van der Waals surface area contributed by atoms with E-state index in [1.54, 1.807) is 6.92 Å². The van der Waals surface area contributed by atoms with Crippen molar-refractivity contribution in [2.45, 2.75) is 31.3 Å². The molecule has 0 aromatic heterocycles. The third kappa shape index (κ3) is 2.93. The highest BCUT2D eigenvalue weighted by molar-refractivity contribution is 5.90. The Kier molecular flexibility index (Phi) is 4.26. The molecule has 0 bridgehead atoms. The van der Waals surface area contributed by atoms with Gasteiger partial charge in [0.2, 0.25) is 5.91 Å². The van der Waals surface area contributed by atoms with Crippen molar-refractivity contribution in [2.75, 3.05) is 20.3 Å². The van der Waals surface area contributed by atoms with Crippen LogP contribution in [0, 0.1) is 0 Å². The smallest absolute Gasteiger partial charge is 0.328 e. The standard InChI is InChI=1S/C10H18N2O4/c1-7(8(13)15-2)12-9(14)10(11)3-5-16-6-4-10/h7H,3-6,11H2,1-2H3,(H,12,14)/t7-/m0/s1. The number of ether oxygens (including phenoxy) is 2. The Hall–Kier alpha value is -1.14. The minimum atomic E-state index is -0.930. The number of esters is 1. The van der Waals surface area contributed by atoms with Crippen LogP contribution >= 0.6 is 0 Å². The van der Waals surface area contributed by atoms with E-state index >= 15 is 0 Å². The van der Waals surface area contributed by atoms with Crippen LogP contribution in [0.4, 0.5) is 0 Å². The minimum Gasteiger partial charge on any atom is -0.467 e. The zero-order valence-electron chi connectivity index (χ0n) is 9.62. The molecular weight excluding hydrogens is 212 g/mol. The van der Waals surface area contributed by atoms with E-state index in [0.717, 1.165) is 0 Å². The summed E-state index contributed by atoms with van der Waals surface area (Å²) >= 11 is 0. The van der Waals surface area contributed by atoms with E-state index in [1.165, 1.54) is 7.11 Å². The summed E-state index contributed by atoms with van der Waals surface area (Å²) in [6.07, 6.45) is 0.930. The number of hydrogen-bond donors (Lipinski definition) is 2. The molecule has 1 amide bonds. The Labute approximate surface area is 94.5 Å². The lowest BCUT2D eigenvalue weighted by Gasteiger charge is -2.32. The van der Waals surface area contributed by atoms with Gasteiger partial charge in [0.1, 0.15) is 6.04 Å².